The highest BCUT2D eigenvalue weighted by Crippen LogP contribution is 2.39. The van der Waals surface area contributed by atoms with E-state index in [1.54, 1.807) is 24.3 Å². The molecule has 228 valence electrons. The van der Waals surface area contributed by atoms with Crippen LogP contribution in [0.2, 0.25) is 0 Å². The smallest absolute Gasteiger partial charge is 0.164 e. The fourth-order valence-corrected chi connectivity index (χ4v) is 6.15. The molecule has 0 aliphatic carbocycles. The van der Waals surface area contributed by atoms with E-state index in [-0.39, 0.29) is 79.0 Å². The highest BCUT2D eigenvalue weighted by Gasteiger charge is 2.19. The molecule has 0 saturated heterocycles. The van der Waals surface area contributed by atoms with Gasteiger partial charge in [0.2, 0.25) is 0 Å². The van der Waals surface area contributed by atoms with E-state index < -0.39 is 66.5 Å². The monoisotopic (exact) mass is 638 g/mol. The molecule has 0 radical (unpaired) electrons. The normalized spacial score (nSPS) is 15.4. The van der Waals surface area contributed by atoms with Crippen molar-refractivity contribution >= 4 is 54.3 Å². The Morgan fingerprint density at radius 2 is 1.18 bits per heavy atom. The molecule has 2 aromatic heterocycles. The summed E-state index contributed by atoms with van der Waals surface area (Å²) in [5, 5.41) is 2.50. The maximum atomic E-state index is 9.68. The number of benzene rings is 8. The molecule has 0 unspecified atom stereocenters. The molecule has 0 fully saturated rings. The molecule has 0 aliphatic heterocycles. The largest absolute Gasteiger partial charge is 0.456 e. The summed E-state index contributed by atoms with van der Waals surface area (Å²) in [6.45, 7) is 0. The quantitative estimate of drug-likeness (QED) is 0.192. The van der Waals surface area contributed by atoms with Crippen LogP contribution in [0.1, 0.15) is 17.8 Å². The molecule has 0 saturated carbocycles. The Morgan fingerprint density at radius 3 is 2.10 bits per heavy atom. The number of rotatable bonds is 4. The van der Waals surface area contributed by atoms with E-state index in [4.69, 9.17) is 33.1 Å². The zero-order valence-electron chi connectivity index (χ0n) is 38.3. The van der Waals surface area contributed by atoms with Crippen molar-refractivity contribution < 1.29 is 22.2 Å². The summed E-state index contributed by atoms with van der Waals surface area (Å²) in [4.78, 5) is 14.2. The van der Waals surface area contributed by atoms with Crippen LogP contribution in [-0.2, 0) is 0 Å². The molecule has 4 heteroatoms. The summed E-state index contributed by atoms with van der Waals surface area (Å²) < 4.78 is 122. The molecule has 49 heavy (non-hydrogen) atoms. The molecule has 0 bridgehead atoms. The highest BCUT2D eigenvalue weighted by atomic mass is 16.3. The zero-order valence-corrected chi connectivity index (χ0v) is 25.3. The van der Waals surface area contributed by atoms with Crippen LogP contribution in [-0.4, -0.2) is 15.0 Å². The van der Waals surface area contributed by atoms with Crippen LogP contribution in [0.3, 0.4) is 0 Å². The number of furan rings is 1. The molecule has 10 aromatic rings. The van der Waals surface area contributed by atoms with Gasteiger partial charge in [0.15, 0.2) is 17.5 Å². The lowest BCUT2D eigenvalue weighted by molar-refractivity contribution is 0.669. The Labute approximate surface area is 300 Å². The van der Waals surface area contributed by atoms with E-state index in [1.165, 1.54) is 0 Å². The molecule has 2 heterocycles. The second-order valence-corrected chi connectivity index (χ2v) is 11.4. The third-order valence-electron chi connectivity index (χ3n) is 8.47. The van der Waals surface area contributed by atoms with Gasteiger partial charge in [0.25, 0.3) is 0 Å². The van der Waals surface area contributed by atoms with Crippen LogP contribution >= 0.6 is 0 Å². The van der Waals surface area contributed by atoms with Gasteiger partial charge in [0.1, 0.15) is 11.2 Å². The van der Waals surface area contributed by atoms with Crippen molar-refractivity contribution in [3.63, 3.8) is 0 Å². The minimum Gasteiger partial charge on any atom is -0.456 e. The maximum absolute atomic E-state index is 9.68. The van der Waals surface area contributed by atoms with Crippen LogP contribution in [0.5, 0.6) is 0 Å². The summed E-state index contributed by atoms with van der Waals surface area (Å²) in [7, 11) is 0. The SMILES string of the molecule is [2H]c1c(-c2cccc3ccccc23)c([2H])c2c(oc3c([2H])c([2H])c([2H])c(-c4nc(-c5ccc6ccccc6c5)nc(-c5c([2H])c([2H])c6c([2H])c([2H])c([2H])c([2H])c6c5[2H])n4)c32)c1[2H]. The Balaban J connectivity index is 1.35. The molecular weight excluding hydrogens is 599 g/mol. The lowest BCUT2D eigenvalue weighted by atomic mass is 9.96. The van der Waals surface area contributed by atoms with Gasteiger partial charge in [-0.05, 0) is 73.7 Å². The van der Waals surface area contributed by atoms with E-state index in [1.807, 2.05) is 60.7 Å². The molecular formula is C45H27N3O. The maximum Gasteiger partial charge on any atom is 0.164 e. The third-order valence-corrected chi connectivity index (χ3v) is 8.47. The van der Waals surface area contributed by atoms with Crippen molar-refractivity contribution in [2.45, 2.75) is 0 Å². The lowest BCUT2D eigenvalue weighted by Crippen LogP contribution is -2.00. The van der Waals surface area contributed by atoms with Gasteiger partial charge in [-0.15, -0.1) is 0 Å². The summed E-state index contributed by atoms with van der Waals surface area (Å²) in [6.07, 6.45) is 0. The number of fused-ring (bicyclic) bond motifs is 6. The van der Waals surface area contributed by atoms with Gasteiger partial charge in [-0.25, -0.2) is 15.0 Å². The van der Waals surface area contributed by atoms with E-state index >= 15 is 0 Å². The minimum atomic E-state index is -0.641. The molecule has 0 N–H and O–H groups in total. The van der Waals surface area contributed by atoms with Crippen LogP contribution in [0.4, 0.5) is 0 Å². The summed E-state index contributed by atoms with van der Waals surface area (Å²) >= 11 is 0. The average Bonchev–Trinajstić information content (AvgIpc) is 3.68. The van der Waals surface area contributed by atoms with Gasteiger partial charge in [-0.1, -0.05) is 133 Å². The first-order valence-electron chi connectivity index (χ1n) is 21.9. The Bertz CT molecular complexity index is 3640. The number of nitrogens with zero attached hydrogens (tertiary/aromatic N) is 3. The van der Waals surface area contributed by atoms with E-state index in [2.05, 4.69) is 0 Å². The van der Waals surface area contributed by atoms with Crippen molar-refractivity contribution in [2.24, 2.45) is 0 Å². The van der Waals surface area contributed by atoms with Gasteiger partial charge in [-0.3, -0.25) is 0 Å². The number of hydrogen-bond acceptors (Lipinski definition) is 4. The Morgan fingerprint density at radius 1 is 0.429 bits per heavy atom. The summed E-state index contributed by atoms with van der Waals surface area (Å²) in [5.41, 5.74) is -0.0527. The minimum absolute atomic E-state index is 0.0323. The van der Waals surface area contributed by atoms with Crippen molar-refractivity contribution in [1.29, 1.82) is 0 Å². The second kappa shape index (κ2) is 11.0. The first-order valence-corrected chi connectivity index (χ1v) is 15.4. The van der Waals surface area contributed by atoms with E-state index in [0.29, 0.717) is 16.5 Å². The fourth-order valence-electron chi connectivity index (χ4n) is 6.15. The third kappa shape index (κ3) is 4.65. The zero-order chi connectivity index (χ0) is 43.6. The predicted octanol–water partition coefficient (Wildman–Crippen LogP) is 11.9. The molecule has 0 atom stereocenters. The number of hydrogen-bond donors (Lipinski definition) is 0. The van der Waals surface area contributed by atoms with Crippen LogP contribution in [0, 0.1) is 0 Å². The average molecular weight is 639 g/mol. The number of aromatic nitrogens is 3. The molecule has 0 aliphatic rings. The van der Waals surface area contributed by atoms with Crippen LogP contribution in [0.25, 0.3) is 99.5 Å². The molecule has 8 aromatic carbocycles. The van der Waals surface area contributed by atoms with Gasteiger partial charge in [-0.2, -0.15) is 0 Å². The van der Waals surface area contributed by atoms with Gasteiger partial charge < -0.3 is 4.42 Å². The molecule has 10 rings (SSSR count). The fraction of sp³-hybridized carbons (Fsp3) is 0. The molecule has 0 spiro atoms. The highest BCUT2D eigenvalue weighted by molar-refractivity contribution is 6.13. The van der Waals surface area contributed by atoms with Crippen molar-refractivity contribution in [3.05, 3.63) is 163 Å². The van der Waals surface area contributed by atoms with Gasteiger partial charge >= 0.3 is 0 Å². The standard InChI is InChI=1S/C45H27N3O/c1-3-12-31-25-34(21-19-28(31)9-1)43-46-44(35-22-20-29-10-2-4-13-32(29)26-35)48-45(47-43)38-17-8-18-41-42(38)39-27-33(23-24-40(39)49-41)37-16-7-14-30-11-5-6-15-36(30)37/h1-27H/i1D,3D,8D,9D,12D,17D,18D,19D,21D,23D,24D,25D,27D. The van der Waals surface area contributed by atoms with Crippen molar-refractivity contribution in [2.75, 3.05) is 0 Å². The topological polar surface area (TPSA) is 51.8 Å². The first-order chi connectivity index (χ1) is 29.7. The van der Waals surface area contributed by atoms with Crippen molar-refractivity contribution in [3.8, 4) is 45.3 Å². The Kier molecular flexibility index (Phi) is 3.91. The lowest BCUT2D eigenvalue weighted by Gasteiger charge is -2.11. The van der Waals surface area contributed by atoms with Gasteiger partial charge in [0, 0.05) is 27.5 Å². The first kappa shape index (κ1) is 17.5. The molecule has 4 nitrogen and oxygen atoms in total. The van der Waals surface area contributed by atoms with Gasteiger partial charge in [0.05, 0.1) is 17.8 Å². The Hall–Kier alpha value is -6.65. The van der Waals surface area contributed by atoms with Crippen molar-refractivity contribution in [1.82, 2.24) is 15.0 Å². The van der Waals surface area contributed by atoms with E-state index in [0.717, 1.165) is 16.2 Å². The predicted molar refractivity (Wildman–Crippen MR) is 201 cm³/mol. The summed E-state index contributed by atoms with van der Waals surface area (Å²) in [6, 6.07) is 18.8. The van der Waals surface area contributed by atoms with Crippen LogP contribution in [0.15, 0.2) is 168 Å². The van der Waals surface area contributed by atoms with E-state index in [9.17, 15) is 4.11 Å². The second-order valence-electron chi connectivity index (χ2n) is 11.4. The molecule has 0 amide bonds. The summed E-state index contributed by atoms with van der Waals surface area (Å²) in [5.74, 6) is -0.706. The van der Waals surface area contributed by atoms with Crippen LogP contribution < -0.4 is 0 Å².